The molecule has 0 bridgehead atoms. The first-order valence-corrected chi connectivity index (χ1v) is 9.26. The van der Waals surface area contributed by atoms with E-state index in [2.05, 4.69) is 4.98 Å². The molecule has 2 atom stereocenters. The molecule has 0 aliphatic carbocycles. The zero-order valence-electron chi connectivity index (χ0n) is 15.2. The number of likely N-dealkylation sites (tertiary alicyclic amines) is 2. The maximum Gasteiger partial charge on any atom is 0.291 e. The highest BCUT2D eigenvalue weighted by molar-refractivity contribution is 5.92. The molecular weight excluding hydrogens is 349 g/mol. The molecule has 1 aromatic heterocycles. The van der Waals surface area contributed by atoms with E-state index in [9.17, 15) is 14.0 Å². The molecule has 2 aliphatic rings. The quantitative estimate of drug-likeness (QED) is 0.832. The van der Waals surface area contributed by atoms with Gasteiger partial charge in [-0.3, -0.25) is 9.59 Å². The van der Waals surface area contributed by atoms with Gasteiger partial charge in [-0.05, 0) is 43.4 Å². The predicted octanol–water partition coefficient (Wildman–Crippen LogP) is 2.78. The second kappa shape index (κ2) is 7.13. The normalized spacial score (nSPS) is 22.7. The second-order valence-electron chi connectivity index (χ2n) is 7.35. The summed E-state index contributed by atoms with van der Waals surface area (Å²) in [6.07, 6.45) is 3.48. The molecule has 2 aliphatic heterocycles. The lowest BCUT2D eigenvalue weighted by Crippen LogP contribution is -2.43. The van der Waals surface area contributed by atoms with Gasteiger partial charge in [0.2, 0.25) is 11.7 Å². The van der Waals surface area contributed by atoms with Gasteiger partial charge in [0, 0.05) is 26.1 Å². The number of fused-ring (bicyclic) bond motifs is 1. The summed E-state index contributed by atoms with van der Waals surface area (Å²) in [5, 5.41) is 0. The lowest BCUT2D eigenvalue weighted by molar-refractivity contribution is -0.133. The van der Waals surface area contributed by atoms with Crippen LogP contribution in [0.25, 0.3) is 0 Å². The van der Waals surface area contributed by atoms with Gasteiger partial charge in [0.05, 0.1) is 11.7 Å². The molecule has 3 heterocycles. The van der Waals surface area contributed by atoms with Crippen LogP contribution in [-0.4, -0.2) is 45.7 Å². The van der Waals surface area contributed by atoms with E-state index in [0.717, 1.165) is 18.4 Å². The molecule has 142 valence electrons. The van der Waals surface area contributed by atoms with Crippen LogP contribution in [-0.2, 0) is 11.3 Å². The summed E-state index contributed by atoms with van der Waals surface area (Å²) >= 11 is 0. The Morgan fingerprint density at radius 2 is 2.22 bits per heavy atom. The third kappa shape index (κ3) is 3.46. The highest BCUT2D eigenvalue weighted by atomic mass is 19.1. The second-order valence-corrected chi connectivity index (χ2v) is 7.35. The highest BCUT2D eigenvalue weighted by Crippen LogP contribution is 2.32. The number of benzene rings is 1. The molecule has 0 spiro atoms. The summed E-state index contributed by atoms with van der Waals surface area (Å²) < 4.78 is 18.8. The van der Waals surface area contributed by atoms with Gasteiger partial charge in [0.25, 0.3) is 5.91 Å². The Morgan fingerprint density at radius 1 is 1.37 bits per heavy atom. The predicted molar refractivity (Wildman–Crippen MR) is 95.2 cm³/mol. The van der Waals surface area contributed by atoms with Gasteiger partial charge >= 0.3 is 0 Å². The van der Waals surface area contributed by atoms with Crippen LogP contribution in [0.5, 0.6) is 0 Å². The van der Waals surface area contributed by atoms with Crippen molar-refractivity contribution in [3.63, 3.8) is 0 Å². The van der Waals surface area contributed by atoms with E-state index in [-0.39, 0.29) is 35.4 Å². The Bertz CT molecular complexity index is 866. The van der Waals surface area contributed by atoms with Crippen molar-refractivity contribution in [2.24, 2.45) is 5.92 Å². The Labute approximate surface area is 157 Å². The first-order valence-electron chi connectivity index (χ1n) is 9.26. The van der Waals surface area contributed by atoms with Gasteiger partial charge in [-0.25, -0.2) is 9.37 Å². The molecule has 2 fully saturated rings. The maximum absolute atomic E-state index is 13.6. The molecule has 0 radical (unpaired) electrons. The monoisotopic (exact) mass is 371 g/mol. The SMILES string of the molecule is Cc1ncoc1C(=O)N1C[C@H]2CCCC(=O)N(Cc3cccc(F)c3)[C@H]2C1. The van der Waals surface area contributed by atoms with Crippen molar-refractivity contribution >= 4 is 11.8 Å². The largest absolute Gasteiger partial charge is 0.438 e. The zero-order chi connectivity index (χ0) is 19.0. The molecule has 0 saturated carbocycles. The number of aryl methyl sites for hydroxylation is 1. The van der Waals surface area contributed by atoms with Crippen molar-refractivity contribution in [1.82, 2.24) is 14.8 Å². The number of carbonyl (C=O) groups is 2. The minimum atomic E-state index is -0.310. The number of carbonyl (C=O) groups excluding carboxylic acids is 2. The topological polar surface area (TPSA) is 66.7 Å². The summed E-state index contributed by atoms with van der Waals surface area (Å²) in [6.45, 7) is 3.16. The van der Waals surface area contributed by atoms with Gasteiger partial charge in [-0.2, -0.15) is 0 Å². The van der Waals surface area contributed by atoms with Gasteiger partial charge in [0.15, 0.2) is 6.39 Å². The van der Waals surface area contributed by atoms with Crippen LogP contribution in [0.1, 0.15) is 41.1 Å². The van der Waals surface area contributed by atoms with Crippen molar-refractivity contribution in [3.05, 3.63) is 53.5 Å². The van der Waals surface area contributed by atoms with E-state index in [0.29, 0.717) is 31.7 Å². The first kappa shape index (κ1) is 17.7. The van der Waals surface area contributed by atoms with Crippen LogP contribution in [0.3, 0.4) is 0 Å². The molecule has 2 saturated heterocycles. The van der Waals surface area contributed by atoms with Gasteiger partial charge in [0.1, 0.15) is 5.82 Å². The number of aromatic nitrogens is 1. The molecule has 2 amide bonds. The van der Waals surface area contributed by atoms with E-state index >= 15 is 0 Å². The smallest absolute Gasteiger partial charge is 0.291 e. The fraction of sp³-hybridized carbons (Fsp3) is 0.450. The number of amides is 2. The summed E-state index contributed by atoms with van der Waals surface area (Å²) in [5.41, 5.74) is 1.33. The summed E-state index contributed by atoms with van der Waals surface area (Å²) in [5.74, 6) is 0.0510. The summed E-state index contributed by atoms with van der Waals surface area (Å²) in [6, 6.07) is 6.28. The molecule has 1 aromatic carbocycles. The van der Waals surface area contributed by atoms with E-state index in [1.54, 1.807) is 17.9 Å². The first-order chi connectivity index (χ1) is 13.0. The average molecular weight is 371 g/mol. The van der Waals surface area contributed by atoms with Crippen LogP contribution in [0, 0.1) is 18.7 Å². The highest BCUT2D eigenvalue weighted by Gasteiger charge is 2.42. The Balaban J connectivity index is 1.56. The fourth-order valence-corrected chi connectivity index (χ4v) is 4.19. The van der Waals surface area contributed by atoms with Crippen molar-refractivity contribution in [2.75, 3.05) is 13.1 Å². The van der Waals surface area contributed by atoms with E-state index < -0.39 is 0 Å². The van der Waals surface area contributed by atoms with Crippen LogP contribution in [0.15, 0.2) is 35.1 Å². The number of nitrogens with zero attached hydrogens (tertiary/aromatic N) is 3. The van der Waals surface area contributed by atoms with E-state index in [1.165, 1.54) is 18.5 Å². The third-order valence-electron chi connectivity index (χ3n) is 5.56. The van der Waals surface area contributed by atoms with Gasteiger partial charge in [-0.15, -0.1) is 0 Å². The van der Waals surface area contributed by atoms with E-state index in [4.69, 9.17) is 4.42 Å². The molecule has 7 heteroatoms. The fourth-order valence-electron chi connectivity index (χ4n) is 4.19. The Kier molecular flexibility index (Phi) is 4.68. The molecule has 0 unspecified atom stereocenters. The van der Waals surface area contributed by atoms with Gasteiger partial charge in [-0.1, -0.05) is 12.1 Å². The summed E-state index contributed by atoms with van der Waals surface area (Å²) in [7, 11) is 0. The van der Waals surface area contributed by atoms with Crippen LogP contribution in [0.4, 0.5) is 4.39 Å². The van der Waals surface area contributed by atoms with Crippen molar-refractivity contribution in [2.45, 2.75) is 38.8 Å². The molecule has 4 rings (SSSR count). The molecule has 0 N–H and O–H groups in total. The average Bonchev–Trinajstić information content (AvgIpc) is 3.22. The van der Waals surface area contributed by atoms with Crippen molar-refractivity contribution in [1.29, 1.82) is 0 Å². The number of hydrogen-bond donors (Lipinski definition) is 0. The van der Waals surface area contributed by atoms with Crippen LogP contribution in [0.2, 0.25) is 0 Å². The Morgan fingerprint density at radius 3 is 2.96 bits per heavy atom. The molecule has 6 nitrogen and oxygen atoms in total. The van der Waals surface area contributed by atoms with Gasteiger partial charge < -0.3 is 14.2 Å². The minimum absolute atomic E-state index is 0.0598. The number of halogens is 1. The zero-order valence-corrected chi connectivity index (χ0v) is 15.2. The van der Waals surface area contributed by atoms with Crippen LogP contribution >= 0.6 is 0 Å². The maximum atomic E-state index is 13.6. The van der Waals surface area contributed by atoms with Crippen LogP contribution < -0.4 is 0 Å². The standard InChI is InChI=1S/C20H22FN3O3/c1-13-19(27-12-22-13)20(26)23-10-15-5-3-7-18(25)24(17(15)11-23)9-14-4-2-6-16(21)8-14/h2,4,6,8,12,15,17H,3,5,7,9-11H2,1H3/t15-,17+/m1/s1. The molecule has 2 aromatic rings. The number of rotatable bonds is 3. The lowest BCUT2D eigenvalue weighted by Gasteiger charge is -2.30. The lowest BCUT2D eigenvalue weighted by atomic mass is 9.98. The van der Waals surface area contributed by atoms with Crippen molar-refractivity contribution < 1.29 is 18.4 Å². The minimum Gasteiger partial charge on any atom is -0.438 e. The van der Waals surface area contributed by atoms with E-state index in [1.807, 2.05) is 11.0 Å². The molecule has 27 heavy (non-hydrogen) atoms. The number of oxazole rings is 1. The third-order valence-corrected chi connectivity index (χ3v) is 5.56. The molecular formula is C20H22FN3O3. The van der Waals surface area contributed by atoms with Crippen molar-refractivity contribution in [3.8, 4) is 0 Å². The summed E-state index contributed by atoms with van der Waals surface area (Å²) in [4.78, 5) is 33.1. The number of hydrogen-bond acceptors (Lipinski definition) is 4. The Hall–Kier alpha value is -2.70.